The molecule has 3 rings (SSSR count). The largest absolute Gasteiger partial charge is 0.507 e. The van der Waals surface area contributed by atoms with Crippen LogP contribution < -0.4 is 9.47 Å². The van der Waals surface area contributed by atoms with Crippen molar-refractivity contribution in [3.05, 3.63) is 65.2 Å². The highest BCUT2D eigenvalue weighted by Gasteiger charge is 2.45. The molecular formula is C24H28N2O5. The molecule has 1 fully saturated rings. The second-order valence-corrected chi connectivity index (χ2v) is 7.53. The topological polar surface area (TPSA) is 79.3 Å². The minimum absolute atomic E-state index is 0.0816. The Morgan fingerprint density at radius 2 is 1.65 bits per heavy atom. The summed E-state index contributed by atoms with van der Waals surface area (Å²) in [5, 5.41) is 11.1. The number of ether oxygens (including phenoxy) is 2. The summed E-state index contributed by atoms with van der Waals surface area (Å²) < 4.78 is 10.7. The number of hydrogen-bond acceptors (Lipinski definition) is 6. The zero-order valence-corrected chi connectivity index (χ0v) is 18.3. The van der Waals surface area contributed by atoms with Gasteiger partial charge in [0.05, 0.1) is 25.3 Å². The van der Waals surface area contributed by atoms with Crippen LogP contribution in [0, 0.1) is 0 Å². The van der Waals surface area contributed by atoms with Gasteiger partial charge in [-0.05, 0) is 63.0 Å². The van der Waals surface area contributed by atoms with Crippen molar-refractivity contribution in [3.63, 3.8) is 0 Å². The van der Waals surface area contributed by atoms with Gasteiger partial charge in [0.1, 0.15) is 17.3 Å². The monoisotopic (exact) mass is 424 g/mol. The van der Waals surface area contributed by atoms with Gasteiger partial charge in [-0.15, -0.1) is 0 Å². The third-order valence-corrected chi connectivity index (χ3v) is 5.20. The molecule has 1 atom stereocenters. The summed E-state index contributed by atoms with van der Waals surface area (Å²) in [6.45, 7) is 3.36. The molecule has 0 aromatic heterocycles. The number of hydrogen-bond donors (Lipinski definition) is 1. The van der Waals surface area contributed by atoms with Crippen molar-refractivity contribution in [2.24, 2.45) is 0 Å². The van der Waals surface area contributed by atoms with Gasteiger partial charge in [0.15, 0.2) is 0 Å². The number of ketones is 1. The maximum atomic E-state index is 13.0. The van der Waals surface area contributed by atoms with E-state index < -0.39 is 17.7 Å². The van der Waals surface area contributed by atoms with Crippen LogP contribution in [0.25, 0.3) is 5.76 Å². The lowest BCUT2D eigenvalue weighted by Crippen LogP contribution is -2.35. The Morgan fingerprint density at radius 1 is 1.03 bits per heavy atom. The molecule has 1 unspecified atom stereocenters. The third kappa shape index (κ3) is 4.72. The van der Waals surface area contributed by atoms with Crippen LogP contribution in [0.4, 0.5) is 0 Å². The summed E-state index contributed by atoms with van der Waals surface area (Å²) in [7, 11) is 5.38. The molecule has 164 valence electrons. The Kier molecular flexibility index (Phi) is 6.97. The summed E-state index contributed by atoms with van der Waals surface area (Å²) in [6.07, 6.45) is 0. The lowest BCUT2D eigenvalue weighted by atomic mass is 9.95. The number of likely N-dealkylation sites (N-methyl/N-ethyl adjacent to an activating group) is 1. The summed E-state index contributed by atoms with van der Waals surface area (Å²) in [4.78, 5) is 29.3. The maximum absolute atomic E-state index is 13.0. The molecule has 1 aliphatic heterocycles. The molecule has 0 bridgehead atoms. The van der Waals surface area contributed by atoms with Crippen molar-refractivity contribution in [3.8, 4) is 11.5 Å². The van der Waals surface area contributed by atoms with Crippen LogP contribution in [0.2, 0.25) is 0 Å². The first-order valence-corrected chi connectivity index (χ1v) is 10.2. The van der Waals surface area contributed by atoms with Gasteiger partial charge in [-0.2, -0.15) is 0 Å². The first-order chi connectivity index (χ1) is 14.9. The van der Waals surface area contributed by atoms with E-state index in [1.165, 1.54) is 4.90 Å². The van der Waals surface area contributed by atoms with Gasteiger partial charge in [-0.3, -0.25) is 9.59 Å². The molecule has 2 aromatic rings. The maximum Gasteiger partial charge on any atom is 0.295 e. The quantitative estimate of drug-likeness (QED) is 0.399. The van der Waals surface area contributed by atoms with Crippen LogP contribution in [0.15, 0.2) is 54.1 Å². The number of benzene rings is 2. The lowest BCUT2D eigenvalue weighted by molar-refractivity contribution is -0.140. The van der Waals surface area contributed by atoms with Gasteiger partial charge in [0.2, 0.25) is 0 Å². The number of aliphatic hydroxyl groups is 1. The molecule has 1 saturated heterocycles. The van der Waals surface area contributed by atoms with E-state index in [9.17, 15) is 14.7 Å². The predicted octanol–water partition coefficient (Wildman–Crippen LogP) is 3.08. The number of likely N-dealkylation sites (tertiary alicyclic amines) is 1. The lowest BCUT2D eigenvalue weighted by Gasteiger charge is -2.26. The highest BCUT2D eigenvalue weighted by molar-refractivity contribution is 6.46. The summed E-state index contributed by atoms with van der Waals surface area (Å²) >= 11 is 0. The number of carbonyl (C=O) groups excluding carboxylic acids is 2. The zero-order chi connectivity index (χ0) is 22.5. The summed E-state index contributed by atoms with van der Waals surface area (Å²) in [6, 6.07) is 13.3. The SMILES string of the molecule is CCOc1ccc(/C(O)=C2/C(=O)C(=O)N(CCN(C)C)C2c2ccc(OC)cc2)cc1. The van der Waals surface area contributed by atoms with E-state index in [4.69, 9.17) is 9.47 Å². The van der Waals surface area contributed by atoms with E-state index in [0.29, 0.717) is 36.8 Å². The molecule has 1 N–H and O–H groups in total. The van der Waals surface area contributed by atoms with Crippen molar-refractivity contribution in [2.45, 2.75) is 13.0 Å². The standard InChI is InChI=1S/C24H28N2O5/c1-5-31-19-12-8-17(9-13-19)22(27)20-21(16-6-10-18(30-4)11-7-16)26(15-14-25(2)3)24(29)23(20)28/h6-13,21,27H,5,14-15H2,1-4H3/b22-20-. The van der Waals surface area contributed by atoms with E-state index in [2.05, 4.69) is 0 Å². The number of nitrogens with zero attached hydrogens (tertiary/aromatic N) is 2. The van der Waals surface area contributed by atoms with Crippen LogP contribution in [0.3, 0.4) is 0 Å². The van der Waals surface area contributed by atoms with Crippen LogP contribution in [-0.4, -0.2) is 67.5 Å². The number of rotatable bonds is 8. The average molecular weight is 424 g/mol. The fourth-order valence-electron chi connectivity index (χ4n) is 3.58. The molecule has 2 aromatic carbocycles. The first kappa shape index (κ1) is 22.4. The van der Waals surface area contributed by atoms with Crippen molar-refractivity contribution in [1.82, 2.24) is 9.80 Å². The van der Waals surface area contributed by atoms with Crippen LogP contribution in [0.5, 0.6) is 11.5 Å². The molecule has 1 aliphatic rings. The molecular weight excluding hydrogens is 396 g/mol. The summed E-state index contributed by atoms with van der Waals surface area (Å²) in [5.41, 5.74) is 1.26. The molecule has 7 nitrogen and oxygen atoms in total. The van der Waals surface area contributed by atoms with Crippen LogP contribution in [0.1, 0.15) is 24.1 Å². The second kappa shape index (κ2) is 9.66. The number of Topliss-reactive ketones (excluding diaryl/α,β-unsaturated/α-hetero) is 1. The Balaban J connectivity index is 2.08. The first-order valence-electron chi connectivity index (χ1n) is 10.2. The van der Waals surface area contributed by atoms with Crippen molar-refractivity contribution >= 4 is 17.4 Å². The Bertz CT molecular complexity index is 964. The molecule has 0 spiro atoms. The molecule has 0 aliphatic carbocycles. The van der Waals surface area contributed by atoms with Gasteiger partial charge in [0.25, 0.3) is 11.7 Å². The van der Waals surface area contributed by atoms with E-state index in [-0.39, 0.29) is 11.3 Å². The van der Waals surface area contributed by atoms with Crippen LogP contribution >= 0.6 is 0 Å². The highest BCUT2D eigenvalue weighted by Crippen LogP contribution is 2.39. The smallest absolute Gasteiger partial charge is 0.295 e. The molecule has 1 amide bonds. The number of aliphatic hydroxyl groups excluding tert-OH is 1. The third-order valence-electron chi connectivity index (χ3n) is 5.20. The Hall–Kier alpha value is -3.32. The second-order valence-electron chi connectivity index (χ2n) is 7.53. The van der Waals surface area contributed by atoms with E-state index in [1.54, 1.807) is 43.5 Å². The van der Waals surface area contributed by atoms with Gasteiger partial charge >= 0.3 is 0 Å². The Morgan fingerprint density at radius 3 is 2.19 bits per heavy atom. The molecule has 31 heavy (non-hydrogen) atoms. The van der Waals surface area contributed by atoms with Gasteiger partial charge < -0.3 is 24.4 Å². The average Bonchev–Trinajstić information content (AvgIpc) is 3.02. The number of amides is 1. The Labute approximate surface area is 182 Å². The van der Waals surface area contributed by atoms with E-state index >= 15 is 0 Å². The molecule has 0 radical (unpaired) electrons. The van der Waals surface area contributed by atoms with Crippen molar-refractivity contribution < 1.29 is 24.2 Å². The molecule has 7 heteroatoms. The van der Waals surface area contributed by atoms with Gasteiger partial charge in [-0.25, -0.2) is 0 Å². The van der Waals surface area contributed by atoms with Crippen molar-refractivity contribution in [1.29, 1.82) is 0 Å². The molecule has 0 saturated carbocycles. The number of methoxy groups -OCH3 is 1. The zero-order valence-electron chi connectivity index (χ0n) is 18.3. The van der Waals surface area contributed by atoms with E-state index in [0.717, 1.165) is 5.56 Å². The molecule has 1 heterocycles. The van der Waals surface area contributed by atoms with Crippen molar-refractivity contribution in [2.75, 3.05) is 40.9 Å². The number of carbonyl (C=O) groups is 2. The van der Waals surface area contributed by atoms with Gasteiger partial charge in [-0.1, -0.05) is 12.1 Å². The fraction of sp³-hybridized carbons (Fsp3) is 0.333. The fourth-order valence-corrected chi connectivity index (χ4v) is 3.58. The minimum Gasteiger partial charge on any atom is -0.507 e. The van der Waals surface area contributed by atoms with Gasteiger partial charge in [0, 0.05) is 18.7 Å². The highest BCUT2D eigenvalue weighted by atomic mass is 16.5. The minimum atomic E-state index is -0.689. The predicted molar refractivity (Wildman–Crippen MR) is 118 cm³/mol. The van der Waals surface area contributed by atoms with E-state index in [1.807, 2.05) is 38.1 Å². The van der Waals surface area contributed by atoms with Crippen LogP contribution in [-0.2, 0) is 9.59 Å². The summed E-state index contributed by atoms with van der Waals surface area (Å²) in [5.74, 6) is -0.173. The normalized spacial score (nSPS) is 18.0.